The van der Waals surface area contributed by atoms with E-state index in [2.05, 4.69) is 0 Å². The Labute approximate surface area is 91.6 Å². The second-order valence-electron chi connectivity index (χ2n) is 4.32. The van der Waals surface area contributed by atoms with Crippen LogP contribution < -0.4 is 0 Å². The molecule has 0 aromatic rings. The first kappa shape index (κ1) is 13.9. The lowest BCUT2D eigenvalue weighted by Crippen LogP contribution is -2.47. The van der Waals surface area contributed by atoms with Gasteiger partial charge in [-0.25, -0.2) is 4.79 Å². The number of nitrogens with zero attached hydrogens (tertiary/aromatic N) is 1. The molecule has 0 unspecified atom stereocenters. The second kappa shape index (κ2) is 5.73. The van der Waals surface area contributed by atoms with Crippen LogP contribution in [0.15, 0.2) is 0 Å². The molecule has 0 bridgehead atoms. The number of likely N-dealkylation sites (N-methyl/N-ethyl adjacent to an activating group) is 1. The average molecular weight is 215 g/mol. The number of carbonyl (C=O) groups excluding carboxylic acids is 2. The minimum atomic E-state index is -0.495. The Kier molecular flexibility index (Phi) is 5.33. The van der Waals surface area contributed by atoms with Gasteiger partial charge in [-0.05, 0) is 5.92 Å². The first-order valence-electron chi connectivity index (χ1n) is 5.17. The number of rotatable bonds is 4. The molecule has 0 radical (unpaired) electrons. The van der Waals surface area contributed by atoms with Crippen molar-refractivity contribution in [1.29, 1.82) is 0 Å². The van der Waals surface area contributed by atoms with E-state index >= 15 is 0 Å². The number of ether oxygens (including phenoxy) is 1. The Morgan fingerprint density at radius 1 is 1.13 bits per heavy atom. The summed E-state index contributed by atoms with van der Waals surface area (Å²) in [5.41, 5.74) is 0. The van der Waals surface area contributed by atoms with Crippen molar-refractivity contribution in [2.45, 2.75) is 33.7 Å². The Bertz CT molecular complexity index is 236. The maximum atomic E-state index is 11.7. The normalized spacial score (nSPS) is 12.8. The first-order chi connectivity index (χ1) is 6.82. The van der Waals surface area contributed by atoms with Crippen LogP contribution in [0, 0.1) is 11.8 Å². The van der Waals surface area contributed by atoms with Gasteiger partial charge in [-0.3, -0.25) is 4.79 Å². The van der Waals surface area contributed by atoms with Gasteiger partial charge in [0.1, 0.15) is 6.04 Å². The van der Waals surface area contributed by atoms with E-state index in [9.17, 15) is 9.59 Å². The Hall–Kier alpha value is -1.06. The van der Waals surface area contributed by atoms with Gasteiger partial charge in [0.2, 0.25) is 5.91 Å². The standard InChI is InChI=1S/C11H21NO3/c1-7(2)9(11(14)15-6)12(5)10(13)8(3)4/h7-9H,1-6H3/t9-/m0/s1. The number of hydrogen-bond donors (Lipinski definition) is 0. The molecule has 0 aliphatic carbocycles. The Balaban J connectivity index is 4.78. The molecular weight excluding hydrogens is 194 g/mol. The van der Waals surface area contributed by atoms with Crippen molar-refractivity contribution in [2.24, 2.45) is 11.8 Å². The van der Waals surface area contributed by atoms with Crippen LogP contribution in [0.2, 0.25) is 0 Å². The highest BCUT2D eigenvalue weighted by molar-refractivity contribution is 5.85. The minimum Gasteiger partial charge on any atom is -0.467 e. The van der Waals surface area contributed by atoms with E-state index in [-0.39, 0.29) is 23.7 Å². The molecule has 1 atom stereocenters. The van der Waals surface area contributed by atoms with Crippen LogP contribution in [0.3, 0.4) is 0 Å². The summed E-state index contributed by atoms with van der Waals surface area (Å²) in [6, 6.07) is -0.495. The molecule has 0 aromatic carbocycles. The summed E-state index contributed by atoms with van der Waals surface area (Å²) in [7, 11) is 2.98. The molecule has 4 heteroatoms. The molecule has 0 spiro atoms. The van der Waals surface area contributed by atoms with Crippen LogP contribution in [-0.4, -0.2) is 37.0 Å². The Morgan fingerprint density at radius 3 is 1.87 bits per heavy atom. The van der Waals surface area contributed by atoms with Gasteiger partial charge in [-0.15, -0.1) is 0 Å². The van der Waals surface area contributed by atoms with E-state index in [0.29, 0.717) is 0 Å². The van der Waals surface area contributed by atoms with Gasteiger partial charge in [0.05, 0.1) is 7.11 Å². The summed E-state index contributed by atoms with van der Waals surface area (Å²) in [4.78, 5) is 24.7. The largest absolute Gasteiger partial charge is 0.467 e. The molecule has 0 aliphatic heterocycles. The second-order valence-corrected chi connectivity index (χ2v) is 4.32. The third-order valence-corrected chi connectivity index (χ3v) is 2.33. The molecule has 0 rings (SSSR count). The van der Waals surface area contributed by atoms with Crippen molar-refractivity contribution in [3.8, 4) is 0 Å². The quantitative estimate of drug-likeness (QED) is 0.664. The summed E-state index contributed by atoms with van der Waals surface area (Å²) in [6.45, 7) is 7.42. The van der Waals surface area contributed by atoms with Crippen molar-refractivity contribution in [3.05, 3.63) is 0 Å². The van der Waals surface area contributed by atoms with Crippen LogP contribution >= 0.6 is 0 Å². The van der Waals surface area contributed by atoms with Gasteiger partial charge in [-0.1, -0.05) is 27.7 Å². The van der Waals surface area contributed by atoms with Crippen molar-refractivity contribution in [3.63, 3.8) is 0 Å². The highest BCUT2D eigenvalue weighted by Gasteiger charge is 2.31. The lowest BCUT2D eigenvalue weighted by atomic mass is 10.0. The molecule has 0 fully saturated rings. The molecule has 88 valence electrons. The third-order valence-electron chi connectivity index (χ3n) is 2.33. The van der Waals surface area contributed by atoms with Crippen molar-refractivity contribution >= 4 is 11.9 Å². The van der Waals surface area contributed by atoms with E-state index in [1.807, 2.05) is 27.7 Å². The van der Waals surface area contributed by atoms with E-state index < -0.39 is 6.04 Å². The fraction of sp³-hybridized carbons (Fsp3) is 0.818. The zero-order chi connectivity index (χ0) is 12.2. The summed E-state index contributed by atoms with van der Waals surface area (Å²) in [5, 5.41) is 0. The molecule has 4 nitrogen and oxygen atoms in total. The SMILES string of the molecule is COC(=O)[C@H](C(C)C)N(C)C(=O)C(C)C. The molecule has 0 saturated carbocycles. The summed E-state index contributed by atoms with van der Waals surface area (Å²) in [6.07, 6.45) is 0. The maximum Gasteiger partial charge on any atom is 0.328 e. The van der Waals surface area contributed by atoms with E-state index in [4.69, 9.17) is 4.74 Å². The van der Waals surface area contributed by atoms with Gasteiger partial charge in [-0.2, -0.15) is 0 Å². The van der Waals surface area contributed by atoms with Gasteiger partial charge in [0, 0.05) is 13.0 Å². The van der Waals surface area contributed by atoms with E-state index in [1.54, 1.807) is 7.05 Å². The van der Waals surface area contributed by atoms with E-state index in [0.717, 1.165) is 0 Å². The van der Waals surface area contributed by atoms with Crippen LogP contribution in [-0.2, 0) is 14.3 Å². The molecule has 1 amide bonds. The predicted octanol–water partition coefficient (Wildman–Crippen LogP) is 1.30. The van der Waals surface area contributed by atoms with Gasteiger partial charge in [0.15, 0.2) is 0 Å². The molecule has 0 aromatic heterocycles. The Morgan fingerprint density at radius 2 is 1.60 bits per heavy atom. The topological polar surface area (TPSA) is 46.6 Å². The minimum absolute atomic E-state index is 0.0425. The number of hydrogen-bond acceptors (Lipinski definition) is 3. The number of esters is 1. The van der Waals surface area contributed by atoms with Gasteiger partial charge < -0.3 is 9.64 Å². The molecule has 0 N–H and O–H groups in total. The van der Waals surface area contributed by atoms with Crippen LogP contribution in [0.5, 0.6) is 0 Å². The molecule has 0 saturated heterocycles. The van der Waals surface area contributed by atoms with E-state index in [1.165, 1.54) is 12.0 Å². The van der Waals surface area contributed by atoms with Crippen molar-refractivity contribution in [1.82, 2.24) is 4.90 Å². The lowest BCUT2D eigenvalue weighted by molar-refractivity contribution is -0.154. The highest BCUT2D eigenvalue weighted by Crippen LogP contribution is 2.13. The smallest absolute Gasteiger partial charge is 0.328 e. The summed E-state index contributed by atoms with van der Waals surface area (Å²) >= 11 is 0. The summed E-state index contributed by atoms with van der Waals surface area (Å²) in [5.74, 6) is -0.466. The average Bonchev–Trinajstić information content (AvgIpc) is 2.15. The van der Waals surface area contributed by atoms with Crippen LogP contribution in [0.4, 0.5) is 0 Å². The number of amides is 1. The fourth-order valence-corrected chi connectivity index (χ4v) is 1.54. The summed E-state index contributed by atoms with van der Waals surface area (Å²) < 4.78 is 4.69. The number of methoxy groups -OCH3 is 1. The fourth-order valence-electron chi connectivity index (χ4n) is 1.54. The zero-order valence-electron chi connectivity index (χ0n) is 10.4. The van der Waals surface area contributed by atoms with Crippen LogP contribution in [0.1, 0.15) is 27.7 Å². The first-order valence-corrected chi connectivity index (χ1v) is 5.17. The van der Waals surface area contributed by atoms with Gasteiger partial charge in [0.25, 0.3) is 0 Å². The predicted molar refractivity (Wildman–Crippen MR) is 58.3 cm³/mol. The molecule has 0 aliphatic rings. The van der Waals surface area contributed by atoms with Crippen LogP contribution in [0.25, 0.3) is 0 Å². The highest BCUT2D eigenvalue weighted by atomic mass is 16.5. The van der Waals surface area contributed by atoms with Crippen molar-refractivity contribution in [2.75, 3.05) is 14.2 Å². The van der Waals surface area contributed by atoms with Crippen molar-refractivity contribution < 1.29 is 14.3 Å². The lowest BCUT2D eigenvalue weighted by Gasteiger charge is -2.30. The number of carbonyl (C=O) groups is 2. The van der Waals surface area contributed by atoms with Gasteiger partial charge >= 0.3 is 5.97 Å². The third kappa shape index (κ3) is 3.53. The molecule has 0 heterocycles. The maximum absolute atomic E-state index is 11.7. The monoisotopic (exact) mass is 215 g/mol. The molecule has 15 heavy (non-hydrogen) atoms. The zero-order valence-corrected chi connectivity index (χ0v) is 10.4. The molecular formula is C11H21NO3.